The Labute approximate surface area is 186 Å². The summed E-state index contributed by atoms with van der Waals surface area (Å²) in [7, 11) is 0. The van der Waals surface area contributed by atoms with Gasteiger partial charge in [0.1, 0.15) is 11.4 Å². The molecular formula is C25H26N4OS. The van der Waals surface area contributed by atoms with E-state index in [-0.39, 0.29) is 0 Å². The van der Waals surface area contributed by atoms with Crippen molar-refractivity contribution in [3.05, 3.63) is 66.6 Å². The number of fused-ring (bicyclic) bond motifs is 1. The standard InChI is InChI=1S/C25H26N4OS/c1-2-5-17-8-9-18(16-17)23-24(27-15-14-26-23)30-20-12-10-19(11-13-20)28-25-29-21-6-3-4-7-22(21)31-25/h3-4,6-7,10-15,17-18H,2,5,8-9,16H2,1H3,(H,28,29). The molecule has 6 heteroatoms. The predicted octanol–water partition coefficient (Wildman–Crippen LogP) is 7.31. The number of thiazole rings is 1. The van der Waals surface area contributed by atoms with Crippen LogP contribution in [0, 0.1) is 5.92 Å². The van der Waals surface area contributed by atoms with E-state index in [1.807, 2.05) is 42.5 Å². The van der Waals surface area contributed by atoms with E-state index >= 15 is 0 Å². The summed E-state index contributed by atoms with van der Waals surface area (Å²) < 4.78 is 7.33. The van der Waals surface area contributed by atoms with Crippen LogP contribution in [0.2, 0.25) is 0 Å². The highest BCUT2D eigenvalue weighted by Crippen LogP contribution is 2.42. The number of hydrogen-bond donors (Lipinski definition) is 1. The van der Waals surface area contributed by atoms with Crippen LogP contribution in [-0.4, -0.2) is 15.0 Å². The summed E-state index contributed by atoms with van der Waals surface area (Å²) in [6.07, 6.45) is 9.68. The van der Waals surface area contributed by atoms with Crippen molar-refractivity contribution in [3.63, 3.8) is 0 Å². The van der Waals surface area contributed by atoms with Gasteiger partial charge in [-0.1, -0.05) is 43.2 Å². The SMILES string of the molecule is CCCC1CCC(c2nccnc2Oc2ccc(Nc3nc4ccccc4s3)cc2)C1. The van der Waals surface area contributed by atoms with Crippen LogP contribution in [0.15, 0.2) is 60.9 Å². The van der Waals surface area contributed by atoms with Crippen molar-refractivity contribution in [1.29, 1.82) is 0 Å². The van der Waals surface area contributed by atoms with E-state index in [1.165, 1.54) is 36.8 Å². The number of para-hydroxylation sites is 1. The average molecular weight is 431 g/mol. The van der Waals surface area contributed by atoms with E-state index in [1.54, 1.807) is 23.7 Å². The highest BCUT2D eigenvalue weighted by Gasteiger charge is 2.29. The fourth-order valence-electron chi connectivity index (χ4n) is 4.46. The summed E-state index contributed by atoms with van der Waals surface area (Å²) in [5, 5.41) is 4.26. The monoisotopic (exact) mass is 430 g/mol. The Balaban J connectivity index is 1.28. The average Bonchev–Trinajstić information content (AvgIpc) is 3.42. The Kier molecular flexibility index (Phi) is 5.80. The van der Waals surface area contributed by atoms with Crippen molar-refractivity contribution in [2.75, 3.05) is 5.32 Å². The maximum atomic E-state index is 6.16. The number of benzene rings is 2. The van der Waals surface area contributed by atoms with E-state index in [0.717, 1.165) is 33.7 Å². The van der Waals surface area contributed by atoms with Gasteiger partial charge in [-0.3, -0.25) is 4.98 Å². The van der Waals surface area contributed by atoms with Crippen LogP contribution >= 0.6 is 11.3 Å². The summed E-state index contributed by atoms with van der Waals surface area (Å²) in [4.78, 5) is 13.8. The lowest BCUT2D eigenvalue weighted by Gasteiger charge is -2.14. The van der Waals surface area contributed by atoms with Gasteiger partial charge in [0.25, 0.3) is 0 Å². The third-order valence-electron chi connectivity index (χ3n) is 5.93. The summed E-state index contributed by atoms with van der Waals surface area (Å²) in [5.74, 6) is 2.65. The first-order chi connectivity index (χ1) is 15.3. The Morgan fingerprint density at radius 3 is 2.71 bits per heavy atom. The van der Waals surface area contributed by atoms with Crippen molar-refractivity contribution < 1.29 is 4.74 Å². The molecule has 1 N–H and O–H groups in total. The number of aromatic nitrogens is 3. The third-order valence-corrected chi connectivity index (χ3v) is 6.88. The summed E-state index contributed by atoms with van der Waals surface area (Å²) >= 11 is 1.65. The van der Waals surface area contributed by atoms with Gasteiger partial charge >= 0.3 is 0 Å². The van der Waals surface area contributed by atoms with E-state index in [2.05, 4.69) is 33.3 Å². The molecule has 4 aromatic rings. The van der Waals surface area contributed by atoms with Gasteiger partial charge in [0.05, 0.1) is 10.2 Å². The van der Waals surface area contributed by atoms with Crippen molar-refractivity contribution in [1.82, 2.24) is 15.0 Å². The number of rotatable bonds is 7. The molecule has 0 radical (unpaired) electrons. The second kappa shape index (κ2) is 9.02. The minimum atomic E-state index is 0.445. The molecule has 158 valence electrons. The zero-order valence-corrected chi connectivity index (χ0v) is 18.4. The highest BCUT2D eigenvalue weighted by atomic mass is 32.1. The van der Waals surface area contributed by atoms with Crippen molar-refractivity contribution in [2.24, 2.45) is 5.92 Å². The van der Waals surface area contributed by atoms with Crippen molar-refractivity contribution in [3.8, 4) is 11.6 Å². The molecule has 1 aliphatic carbocycles. The lowest BCUT2D eigenvalue weighted by Crippen LogP contribution is -2.03. The minimum Gasteiger partial charge on any atom is -0.437 e. The van der Waals surface area contributed by atoms with E-state index in [4.69, 9.17) is 4.74 Å². The second-order valence-corrected chi connectivity index (χ2v) is 9.18. The number of nitrogens with zero attached hydrogens (tertiary/aromatic N) is 3. The lowest BCUT2D eigenvalue weighted by atomic mass is 9.98. The van der Waals surface area contributed by atoms with Crippen LogP contribution < -0.4 is 10.1 Å². The highest BCUT2D eigenvalue weighted by molar-refractivity contribution is 7.22. The Bertz CT molecular complexity index is 1120. The molecule has 0 saturated heterocycles. The molecule has 2 aromatic heterocycles. The molecule has 1 saturated carbocycles. The molecule has 0 bridgehead atoms. The van der Waals surface area contributed by atoms with Gasteiger partial charge in [-0.15, -0.1) is 0 Å². The first-order valence-electron chi connectivity index (χ1n) is 11.0. The van der Waals surface area contributed by atoms with Crippen molar-refractivity contribution >= 4 is 32.4 Å². The largest absolute Gasteiger partial charge is 0.437 e. The maximum Gasteiger partial charge on any atom is 0.241 e. The lowest BCUT2D eigenvalue weighted by molar-refractivity contribution is 0.439. The van der Waals surface area contributed by atoms with Gasteiger partial charge in [0, 0.05) is 24.0 Å². The molecule has 5 nitrogen and oxygen atoms in total. The van der Waals surface area contributed by atoms with E-state index < -0.39 is 0 Å². The van der Waals surface area contributed by atoms with Crippen LogP contribution in [0.5, 0.6) is 11.6 Å². The molecule has 0 spiro atoms. The molecule has 31 heavy (non-hydrogen) atoms. The molecule has 0 amide bonds. The van der Waals surface area contributed by atoms with E-state index in [0.29, 0.717) is 11.8 Å². The normalized spacial score (nSPS) is 18.4. The Morgan fingerprint density at radius 2 is 1.87 bits per heavy atom. The fraction of sp³-hybridized carbons (Fsp3) is 0.320. The molecule has 1 aliphatic rings. The van der Waals surface area contributed by atoms with Crippen LogP contribution in [0.1, 0.15) is 50.6 Å². The van der Waals surface area contributed by atoms with E-state index in [9.17, 15) is 0 Å². The second-order valence-electron chi connectivity index (χ2n) is 8.15. The molecule has 2 unspecified atom stereocenters. The molecular weight excluding hydrogens is 404 g/mol. The van der Waals surface area contributed by atoms with Crippen LogP contribution in [0.25, 0.3) is 10.2 Å². The summed E-state index contributed by atoms with van der Waals surface area (Å²) in [6, 6.07) is 16.1. The molecule has 1 fully saturated rings. The number of anilines is 2. The molecule has 2 aromatic carbocycles. The van der Waals surface area contributed by atoms with Crippen LogP contribution in [0.3, 0.4) is 0 Å². The zero-order valence-electron chi connectivity index (χ0n) is 17.6. The van der Waals surface area contributed by atoms with Gasteiger partial charge in [0.15, 0.2) is 5.13 Å². The first kappa shape index (κ1) is 19.9. The molecule has 0 aliphatic heterocycles. The fourth-order valence-corrected chi connectivity index (χ4v) is 5.34. The summed E-state index contributed by atoms with van der Waals surface area (Å²) in [6.45, 7) is 2.26. The molecule has 5 rings (SSSR count). The molecule has 2 atom stereocenters. The Hall–Kier alpha value is -2.99. The first-order valence-corrected chi connectivity index (χ1v) is 11.8. The quantitative estimate of drug-likeness (QED) is 0.333. The third kappa shape index (κ3) is 4.54. The van der Waals surface area contributed by atoms with Gasteiger partial charge in [0.2, 0.25) is 5.88 Å². The van der Waals surface area contributed by atoms with Crippen molar-refractivity contribution in [2.45, 2.75) is 44.9 Å². The van der Waals surface area contributed by atoms with Crippen LogP contribution in [-0.2, 0) is 0 Å². The number of hydrogen-bond acceptors (Lipinski definition) is 6. The topological polar surface area (TPSA) is 59.9 Å². The van der Waals surface area contributed by atoms with Gasteiger partial charge in [-0.25, -0.2) is 9.97 Å². The predicted molar refractivity (Wildman–Crippen MR) is 126 cm³/mol. The van der Waals surface area contributed by atoms with Gasteiger partial charge in [-0.2, -0.15) is 0 Å². The Morgan fingerprint density at radius 1 is 1.03 bits per heavy atom. The number of ether oxygens (including phenoxy) is 1. The zero-order chi connectivity index (χ0) is 21.0. The van der Waals surface area contributed by atoms with Gasteiger partial charge < -0.3 is 10.1 Å². The minimum absolute atomic E-state index is 0.445. The smallest absolute Gasteiger partial charge is 0.241 e. The number of nitrogens with one attached hydrogen (secondary N) is 1. The molecule has 2 heterocycles. The van der Waals surface area contributed by atoms with Gasteiger partial charge in [-0.05, 0) is 61.6 Å². The maximum absolute atomic E-state index is 6.16. The van der Waals surface area contributed by atoms with Crippen LogP contribution in [0.4, 0.5) is 10.8 Å². The summed E-state index contributed by atoms with van der Waals surface area (Å²) in [5.41, 5.74) is 2.99.